The number of para-hydroxylation sites is 1. The highest BCUT2D eigenvalue weighted by molar-refractivity contribution is 9.09. The predicted molar refractivity (Wildman–Crippen MR) is 79.5 cm³/mol. The molecule has 6 heteroatoms. The van der Waals surface area contributed by atoms with E-state index in [0.29, 0.717) is 4.90 Å². The lowest BCUT2D eigenvalue weighted by molar-refractivity contribution is 0.182. The van der Waals surface area contributed by atoms with Crippen molar-refractivity contribution in [1.29, 1.82) is 0 Å². The molecule has 0 spiro atoms. The number of halogens is 1. The molecule has 0 unspecified atom stereocenters. The normalized spacial score (nSPS) is 22.7. The van der Waals surface area contributed by atoms with Crippen molar-refractivity contribution in [3.63, 3.8) is 0 Å². The highest BCUT2D eigenvalue weighted by Gasteiger charge is 2.39. The average Bonchev–Trinajstić information content (AvgIpc) is 2.37. The van der Waals surface area contributed by atoms with Gasteiger partial charge in [0.2, 0.25) is 0 Å². The third kappa shape index (κ3) is 2.21. The van der Waals surface area contributed by atoms with Crippen molar-refractivity contribution in [1.82, 2.24) is 0 Å². The van der Waals surface area contributed by atoms with Gasteiger partial charge in [-0.05, 0) is 30.4 Å². The van der Waals surface area contributed by atoms with Crippen molar-refractivity contribution in [3.8, 4) is 0 Å². The fourth-order valence-corrected chi connectivity index (χ4v) is 4.44. The zero-order chi connectivity index (χ0) is 13.5. The van der Waals surface area contributed by atoms with Crippen LogP contribution in [0, 0.1) is 5.41 Å². The Morgan fingerprint density at radius 3 is 2.68 bits per heavy atom. The lowest BCUT2D eigenvalue weighted by Gasteiger charge is -2.44. The predicted octanol–water partition coefficient (Wildman–Crippen LogP) is 2.79. The minimum atomic E-state index is -3.51. The van der Waals surface area contributed by atoms with Gasteiger partial charge in [-0.15, -0.1) is 4.40 Å². The lowest BCUT2D eigenvalue weighted by Crippen LogP contribution is -2.44. The van der Waals surface area contributed by atoms with Gasteiger partial charge >= 0.3 is 0 Å². The van der Waals surface area contributed by atoms with Crippen LogP contribution in [0.2, 0.25) is 0 Å². The Morgan fingerprint density at radius 1 is 1.32 bits per heavy atom. The van der Waals surface area contributed by atoms with Crippen molar-refractivity contribution >= 4 is 38.0 Å². The number of hydrogen-bond acceptors (Lipinski definition) is 3. The molecule has 1 aromatic carbocycles. The highest BCUT2D eigenvalue weighted by atomic mass is 79.9. The van der Waals surface area contributed by atoms with Gasteiger partial charge in [-0.25, -0.2) is 0 Å². The summed E-state index contributed by atoms with van der Waals surface area (Å²) < 4.78 is 27.5. The number of alkyl halides is 1. The smallest absolute Gasteiger partial charge is 0.285 e. The number of anilines is 1. The van der Waals surface area contributed by atoms with E-state index in [-0.39, 0.29) is 5.41 Å². The third-order valence-corrected chi connectivity index (χ3v) is 6.44. The monoisotopic (exact) mass is 342 g/mol. The second-order valence-corrected chi connectivity index (χ2v) is 7.44. The fraction of sp³-hybridized carbons (Fsp3) is 0.462. The van der Waals surface area contributed by atoms with E-state index in [0.717, 1.165) is 17.6 Å². The van der Waals surface area contributed by atoms with Crippen LogP contribution in [0.15, 0.2) is 33.6 Å². The Hall–Kier alpha value is -0.880. The number of sulfonamides is 1. The Balaban J connectivity index is 1.96. The molecule has 1 saturated carbocycles. The maximum absolute atomic E-state index is 11.9. The van der Waals surface area contributed by atoms with Gasteiger partial charge in [-0.3, -0.25) is 0 Å². The molecule has 1 heterocycles. The van der Waals surface area contributed by atoms with E-state index in [1.54, 1.807) is 12.1 Å². The minimum absolute atomic E-state index is 0.250. The molecule has 0 saturated heterocycles. The first kappa shape index (κ1) is 13.1. The summed E-state index contributed by atoms with van der Waals surface area (Å²) in [6, 6.07) is 7.06. The molecule has 1 aliphatic carbocycles. The van der Waals surface area contributed by atoms with Crippen LogP contribution in [0.1, 0.15) is 19.3 Å². The standard InChI is InChI=1S/C13H15BrN2O2S/c14-8-13(6-3-7-13)9-16-10-15-19(17,18)12-5-2-1-4-11(12)16/h1-2,4-5,10H,3,6-9H2. The van der Waals surface area contributed by atoms with Crippen LogP contribution in [-0.2, 0) is 10.0 Å². The molecular weight excluding hydrogens is 328 g/mol. The van der Waals surface area contributed by atoms with E-state index < -0.39 is 10.0 Å². The number of rotatable bonds is 3. The molecule has 0 atom stereocenters. The summed E-state index contributed by atoms with van der Waals surface area (Å²) in [7, 11) is -3.51. The Bertz CT molecular complexity index is 618. The van der Waals surface area contributed by atoms with Crippen LogP contribution in [0.25, 0.3) is 0 Å². The third-order valence-electron chi connectivity index (χ3n) is 3.98. The van der Waals surface area contributed by atoms with Gasteiger partial charge < -0.3 is 4.90 Å². The van der Waals surface area contributed by atoms with Gasteiger partial charge in [-0.2, -0.15) is 8.42 Å². The number of nitrogens with zero attached hydrogens (tertiary/aromatic N) is 2. The van der Waals surface area contributed by atoms with Crippen LogP contribution in [0.5, 0.6) is 0 Å². The number of hydrogen-bond donors (Lipinski definition) is 0. The molecule has 4 nitrogen and oxygen atoms in total. The summed E-state index contributed by atoms with van der Waals surface area (Å²) in [4.78, 5) is 2.28. The first-order valence-corrected chi connectivity index (χ1v) is 8.85. The maximum atomic E-state index is 11.9. The second-order valence-electron chi connectivity index (χ2n) is 5.28. The van der Waals surface area contributed by atoms with Crippen LogP contribution < -0.4 is 4.90 Å². The summed E-state index contributed by atoms with van der Waals surface area (Å²) >= 11 is 3.58. The van der Waals surface area contributed by atoms with Gasteiger partial charge in [0.25, 0.3) is 10.0 Å². The summed E-state index contributed by atoms with van der Waals surface area (Å²) in [6.45, 7) is 0.814. The van der Waals surface area contributed by atoms with Crippen molar-refractivity contribution in [2.45, 2.75) is 24.2 Å². The minimum Gasteiger partial charge on any atom is -0.330 e. The van der Waals surface area contributed by atoms with Gasteiger partial charge in [0, 0.05) is 11.9 Å². The first-order chi connectivity index (χ1) is 9.06. The molecule has 2 aliphatic rings. The molecular formula is C13H15BrN2O2S. The largest absolute Gasteiger partial charge is 0.330 e. The van der Waals surface area contributed by atoms with E-state index in [9.17, 15) is 8.42 Å². The quantitative estimate of drug-likeness (QED) is 0.793. The zero-order valence-corrected chi connectivity index (χ0v) is 12.8. The lowest BCUT2D eigenvalue weighted by atomic mass is 9.70. The molecule has 19 heavy (non-hydrogen) atoms. The molecule has 102 valence electrons. The van der Waals surface area contributed by atoms with E-state index in [1.807, 2.05) is 17.0 Å². The molecule has 1 fully saturated rings. The molecule has 0 amide bonds. The van der Waals surface area contributed by atoms with Gasteiger partial charge in [-0.1, -0.05) is 34.5 Å². The van der Waals surface area contributed by atoms with E-state index >= 15 is 0 Å². The molecule has 0 N–H and O–H groups in total. The Labute approximate surface area is 121 Å². The summed E-state index contributed by atoms with van der Waals surface area (Å²) in [5, 5.41) is 0.944. The van der Waals surface area contributed by atoms with Crippen LogP contribution >= 0.6 is 15.9 Å². The number of fused-ring (bicyclic) bond motifs is 1. The van der Waals surface area contributed by atoms with Gasteiger partial charge in [0.15, 0.2) is 0 Å². The molecule has 3 rings (SSSR count). The van der Waals surface area contributed by atoms with Crippen LogP contribution in [0.3, 0.4) is 0 Å². The van der Waals surface area contributed by atoms with Crippen molar-refractivity contribution in [2.75, 3.05) is 16.8 Å². The van der Waals surface area contributed by atoms with E-state index in [1.165, 1.54) is 25.6 Å². The van der Waals surface area contributed by atoms with Crippen molar-refractivity contribution < 1.29 is 8.42 Å². The zero-order valence-electron chi connectivity index (χ0n) is 10.4. The average molecular weight is 343 g/mol. The highest BCUT2D eigenvalue weighted by Crippen LogP contribution is 2.44. The van der Waals surface area contributed by atoms with Gasteiger partial charge in [0.05, 0.1) is 5.69 Å². The molecule has 1 aromatic rings. The van der Waals surface area contributed by atoms with E-state index in [4.69, 9.17) is 0 Å². The second kappa shape index (κ2) is 4.59. The Kier molecular flexibility index (Phi) is 3.17. The molecule has 1 aliphatic heterocycles. The molecule has 0 bridgehead atoms. The van der Waals surface area contributed by atoms with Crippen LogP contribution in [0.4, 0.5) is 5.69 Å². The fourth-order valence-electron chi connectivity index (χ4n) is 2.65. The Morgan fingerprint density at radius 2 is 2.05 bits per heavy atom. The van der Waals surface area contributed by atoms with Crippen molar-refractivity contribution in [2.24, 2.45) is 9.81 Å². The maximum Gasteiger partial charge on any atom is 0.285 e. The van der Waals surface area contributed by atoms with Crippen molar-refractivity contribution in [3.05, 3.63) is 24.3 Å². The molecule has 0 radical (unpaired) electrons. The van der Waals surface area contributed by atoms with Crippen LogP contribution in [-0.4, -0.2) is 26.6 Å². The van der Waals surface area contributed by atoms with Gasteiger partial charge in [0.1, 0.15) is 11.2 Å². The summed E-state index contributed by atoms with van der Waals surface area (Å²) in [5.41, 5.74) is 0.991. The van der Waals surface area contributed by atoms with E-state index in [2.05, 4.69) is 20.3 Å². The molecule has 0 aromatic heterocycles. The summed E-state index contributed by atoms with van der Waals surface area (Å²) in [6.07, 6.45) is 5.06. The first-order valence-electron chi connectivity index (χ1n) is 6.29. The topological polar surface area (TPSA) is 49.7 Å². The number of benzene rings is 1. The SMILES string of the molecule is O=S1(=O)N=CN(CC2(CBr)CCC2)c2ccccc21. The summed E-state index contributed by atoms with van der Waals surface area (Å²) in [5.74, 6) is 0.